The van der Waals surface area contributed by atoms with Gasteiger partial charge in [0.15, 0.2) is 0 Å². The Balaban J connectivity index is 2.25. The van der Waals surface area contributed by atoms with Crippen molar-refractivity contribution >= 4 is 5.91 Å². The second-order valence-corrected chi connectivity index (χ2v) is 4.79. The van der Waals surface area contributed by atoms with Crippen LogP contribution in [0.5, 0.6) is 0 Å². The Hall–Kier alpha value is -2.24. The molecule has 0 saturated heterocycles. The summed E-state index contributed by atoms with van der Waals surface area (Å²) in [5.74, 6) is 0.482. The first-order valence-corrected chi connectivity index (χ1v) is 6.18. The largest absolute Gasteiger partial charge is 0.368 e. The zero-order valence-electron chi connectivity index (χ0n) is 11.2. The fourth-order valence-corrected chi connectivity index (χ4v) is 1.64. The van der Waals surface area contributed by atoms with Gasteiger partial charge in [0.25, 0.3) is 0 Å². The first-order chi connectivity index (χ1) is 8.99. The van der Waals surface area contributed by atoms with Gasteiger partial charge in [-0.3, -0.25) is 4.79 Å². The molecule has 1 heterocycles. The van der Waals surface area contributed by atoms with Gasteiger partial charge in [-0.05, 0) is 23.6 Å². The molecular formula is C13H17N5O. The van der Waals surface area contributed by atoms with Crippen LogP contribution in [0.3, 0.4) is 0 Å². The van der Waals surface area contributed by atoms with E-state index in [4.69, 9.17) is 5.73 Å². The number of benzene rings is 1. The minimum Gasteiger partial charge on any atom is -0.368 e. The smallest absolute Gasteiger partial charge is 0.243 e. The molecule has 0 spiro atoms. The van der Waals surface area contributed by atoms with Crippen molar-refractivity contribution in [3.05, 3.63) is 29.8 Å². The molecule has 0 unspecified atom stereocenters. The second-order valence-electron chi connectivity index (χ2n) is 4.79. The third-order valence-electron chi connectivity index (χ3n) is 3.02. The van der Waals surface area contributed by atoms with Crippen molar-refractivity contribution in [2.75, 3.05) is 0 Å². The van der Waals surface area contributed by atoms with Crippen molar-refractivity contribution in [1.82, 2.24) is 20.2 Å². The van der Waals surface area contributed by atoms with Gasteiger partial charge in [0.1, 0.15) is 6.04 Å². The predicted octanol–water partition coefficient (Wildman–Crippen LogP) is 1.51. The number of carbonyl (C=O) groups is 1. The monoisotopic (exact) mass is 259 g/mol. The summed E-state index contributed by atoms with van der Waals surface area (Å²) in [6.07, 6.45) is 0. The zero-order chi connectivity index (χ0) is 14.0. The SMILES string of the molecule is CC(C)c1ccc(-c2nnn([C@H](C)C(N)=O)n2)cc1. The van der Waals surface area contributed by atoms with Crippen LogP contribution in [0.2, 0.25) is 0 Å². The topological polar surface area (TPSA) is 86.7 Å². The van der Waals surface area contributed by atoms with E-state index in [9.17, 15) is 4.79 Å². The minimum atomic E-state index is -0.601. The number of aromatic nitrogens is 4. The molecule has 0 fully saturated rings. The molecule has 0 aliphatic rings. The molecule has 1 aromatic heterocycles. The molecule has 2 aromatic rings. The van der Waals surface area contributed by atoms with Gasteiger partial charge in [-0.15, -0.1) is 10.2 Å². The average molecular weight is 259 g/mol. The quantitative estimate of drug-likeness (QED) is 0.901. The number of tetrazole rings is 1. The maximum Gasteiger partial charge on any atom is 0.243 e. The Bertz CT molecular complexity index is 573. The molecule has 0 bridgehead atoms. The Kier molecular flexibility index (Phi) is 3.59. The Morgan fingerprint density at radius 1 is 1.21 bits per heavy atom. The lowest BCUT2D eigenvalue weighted by molar-refractivity contribution is -0.121. The van der Waals surface area contributed by atoms with Gasteiger partial charge in [0.05, 0.1) is 0 Å². The molecule has 0 aliphatic heterocycles. The normalized spacial score (nSPS) is 12.6. The van der Waals surface area contributed by atoms with Crippen LogP contribution in [0.1, 0.15) is 38.3 Å². The van der Waals surface area contributed by atoms with E-state index in [1.54, 1.807) is 6.92 Å². The van der Waals surface area contributed by atoms with E-state index < -0.39 is 11.9 Å². The molecule has 1 aromatic carbocycles. The molecule has 0 aliphatic carbocycles. The van der Waals surface area contributed by atoms with Crippen LogP contribution in [0, 0.1) is 0 Å². The van der Waals surface area contributed by atoms with Gasteiger partial charge in [-0.1, -0.05) is 38.1 Å². The highest BCUT2D eigenvalue weighted by Gasteiger charge is 2.15. The van der Waals surface area contributed by atoms with Gasteiger partial charge < -0.3 is 5.73 Å². The summed E-state index contributed by atoms with van der Waals surface area (Å²) in [5, 5.41) is 12.0. The van der Waals surface area contributed by atoms with Gasteiger partial charge in [-0.2, -0.15) is 4.80 Å². The summed E-state index contributed by atoms with van der Waals surface area (Å²) in [6.45, 7) is 5.91. The molecule has 6 heteroatoms. The molecule has 2 N–H and O–H groups in total. The zero-order valence-corrected chi connectivity index (χ0v) is 11.2. The van der Waals surface area contributed by atoms with Crippen molar-refractivity contribution in [2.24, 2.45) is 5.73 Å². The van der Waals surface area contributed by atoms with Crippen LogP contribution in [0.4, 0.5) is 0 Å². The summed E-state index contributed by atoms with van der Waals surface area (Å²) < 4.78 is 0. The van der Waals surface area contributed by atoms with E-state index in [-0.39, 0.29) is 0 Å². The highest BCUT2D eigenvalue weighted by Crippen LogP contribution is 2.19. The third kappa shape index (κ3) is 2.78. The van der Waals surface area contributed by atoms with E-state index in [1.165, 1.54) is 10.4 Å². The molecule has 1 amide bonds. The van der Waals surface area contributed by atoms with Crippen LogP contribution in [-0.2, 0) is 4.79 Å². The van der Waals surface area contributed by atoms with Crippen molar-refractivity contribution in [3.63, 3.8) is 0 Å². The number of carbonyl (C=O) groups excluding carboxylic acids is 1. The van der Waals surface area contributed by atoms with E-state index in [0.717, 1.165) is 5.56 Å². The molecule has 0 radical (unpaired) electrons. The van der Waals surface area contributed by atoms with Gasteiger partial charge >= 0.3 is 0 Å². The highest BCUT2D eigenvalue weighted by molar-refractivity contribution is 5.77. The lowest BCUT2D eigenvalue weighted by atomic mass is 10.0. The van der Waals surface area contributed by atoms with E-state index >= 15 is 0 Å². The summed E-state index contributed by atoms with van der Waals surface area (Å²) >= 11 is 0. The van der Waals surface area contributed by atoms with Crippen LogP contribution < -0.4 is 5.73 Å². The first-order valence-electron chi connectivity index (χ1n) is 6.18. The number of nitrogens with two attached hydrogens (primary N) is 1. The van der Waals surface area contributed by atoms with Gasteiger partial charge in [-0.25, -0.2) is 0 Å². The maximum absolute atomic E-state index is 11.1. The van der Waals surface area contributed by atoms with Crippen LogP contribution >= 0.6 is 0 Å². The predicted molar refractivity (Wildman–Crippen MR) is 71.2 cm³/mol. The molecule has 19 heavy (non-hydrogen) atoms. The van der Waals surface area contributed by atoms with Gasteiger partial charge in [0.2, 0.25) is 11.7 Å². The van der Waals surface area contributed by atoms with Crippen molar-refractivity contribution in [1.29, 1.82) is 0 Å². The number of primary amides is 1. The molecule has 1 atom stereocenters. The second kappa shape index (κ2) is 5.17. The third-order valence-corrected chi connectivity index (χ3v) is 3.02. The fraction of sp³-hybridized carbons (Fsp3) is 0.385. The summed E-state index contributed by atoms with van der Waals surface area (Å²) in [6, 6.07) is 7.38. The number of nitrogens with zero attached hydrogens (tertiary/aromatic N) is 4. The summed E-state index contributed by atoms with van der Waals surface area (Å²) in [5.41, 5.74) is 7.32. The average Bonchev–Trinajstić information content (AvgIpc) is 2.87. The highest BCUT2D eigenvalue weighted by atomic mass is 16.1. The van der Waals surface area contributed by atoms with Crippen LogP contribution in [0.15, 0.2) is 24.3 Å². The summed E-state index contributed by atoms with van der Waals surface area (Å²) in [4.78, 5) is 12.3. The molecular weight excluding hydrogens is 242 g/mol. The van der Waals surface area contributed by atoms with Gasteiger partial charge in [0, 0.05) is 5.56 Å². The molecule has 0 saturated carbocycles. The number of hydrogen-bond acceptors (Lipinski definition) is 4. The standard InChI is InChI=1S/C13H17N5O/c1-8(2)10-4-6-11(7-5-10)13-15-17-18(16-13)9(3)12(14)19/h4-9H,1-3H3,(H2,14,19)/t9-/m1/s1. The van der Waals surface area contributed by atoms with Crippen LogP contribution in [0.25, 0.3) is 11.4 Å². The van der Waals surface area contributed by atoms with Crippen LogP contribution in [-0.4, -0.2) is 26.1 Å². The Morgan fingerprint density at radius 3 is 2.37 bits per heavy atom. The minimum absolute atomic E-state index is 0.479. The molecule has 2 rings (SSSR count). The molecule has 6 nitrogen and oxygen atoms in total. The van der Waals surface area contributed by atoms with Crippen molar-refractivity contribution < 1.29 is 4.79 Å². The number of hydrogen-bond donors (Lipinski definition) is 1. The number of amides is 1. The first kappa shape index (κ1) is 13.2. The summed E-state index contributed by atoms with van der Waals surface area (Å²) in [7, 11) is 0. The lowest BCUT2D eigenvalue weighted by Gasteiger charge is -2.05. The van der Waals surface area contributed by atoms with E-state index in [2.05, 4.69) is 29.3 Å². The van der Waals surface area contributed by atoms with Crippen molar-refractivity contribution in [3.8, 4) is 11.4 Å². The van der Waals surface area contributed by atoms with E-state index in [1.807, 2.05) is 24.3 Å². The fourth-order valence-electron chi connectivity index (χ4n) is 1.64. The van der Waals surface area contributed by atoms with Crippen molar-refractivity contribution in [2.45, 2.75) is 32.7 Å². The van der Waals surface area contributed by atoms with E-state index in [0.29, 0.717) is 11.7 Å². The maximum atomic E-state index is 11.1. The lowest BCUT2D eigenvalue weighted by Crippen LogP contribution is -2.25. The molecule has 100 valence electrons. The number of rotatable bonds is 4. The Labute approximate surface area is 111 Å². The Morgan fingerprint density at radius 2 is 1.84 bits per heavy atom.